The van der Waals surface area contributed by atoms with E-state index in [4.69, 9.17) is 16.3 Å². The number of para-hydroxylation sites is 1. The number of carbonyl (C=O) groups excluding carboxylic acids is 2. The summed E-state index contributed by atoms with van der Waals surface area (Å²) in [5, 5.41) is 0.570. The van der Waals surface area contributed by atoms with Gasteiger partial charge in [-0.25, -0.2) is 0 Å². The topological polar surface area (TPSA) is 49.9 Å². The standard InChI is InChI=1S/C26H23ClN2O3/c1-28(21-6-4-3-5-7-21)24-23(19-10-12-20(27)13-11-19)25(30)29(26(24)31)17-16-18-8-14-22(32-2)15-9-18/h3-15H,16-17H2,1-2H3. The molecule has 32 heavy (non-hydrogen) atoms. The summed E-state index contributed by atoms with van der Waals surface area (Å²) in [7, 11) is 3.42. The molecule has 0 fully saturated rings. The van der Waals surface area contributed by atoms with Gasteiger partial charge in [0.05, 0.1) is 12.7 Å². The lowest BCUT2D eigenvalue weighted by atomic mass is 10.0. The van der Waals surface area contributed by atoms with Crippen LogP contribution in [0.1, 0.15) is 11.1 Å². The highest BCUT2D eigenvalue weighted by molar-refractivity contribution is 6.37. The van der Waals surface area contributed by atoms with Crippen LogP contribution >= 0.6 is 11.6 Å². The molecule has 0 bridgehead atoms. The van der Waals surface area contributed by atoms with Crippen molar-refractivity contribution in [2.45, 2.75) is 6.42 Å². The molecule has 0 saturated heterocycles. The Balaban J connectivity index is 1.66. The van der Waals surface area contributed by atoms with Crippen LogP contribution in [0.5, 0.6) is 5.75 Å². The molecule has 1 aliphatic rings. The van der Waals surface area contributed by atoms with Crippen molar-refractivity contribution in [2.75, 3.05) is 25.6 Å². The second-order valence-corrected chi connectivity index (χ2v) is 7.92. The van der Waals surface area contributed by atoms with Crippen LogP contribution in [0.4, 0.5) is 5.69 Å². The van der Waals surface area contributed by atoms with Gasteiger partial charge in [-0.1, -0.05) is 54.1 Å². The molecule has 0 radical (unpaired) electrons. The molecule has 3 aromatic rings. The lowest BCUT2D eigenvalue weighted by Gasteiger charge is -2.21. The fraction of sp³-hybridized carbons (Fsp3) is 0.154. The number of benzene rings is 3. The van der Waals surface area contributed by atoms with Crippen molar-refractivity contribution in [3.8, 4) is 5.75 Å². The molecule has 3 aromatic carbocycles. The van der Waals surface area contributed by atoms with Gasteiger partial charge in [0.15, 0.2) is 0 Å². The van der Waals surface area contributed by atoms with Crippen molar-refractivity contribution in [1.82, 2.24) is 4.90 Å². The number of rotatable bonds is 7. The monoisotopic (exact) mass is 446 g/mol. The first-order valence-electron chi connectivity index (χ1n) is 10.3. The first-order valence-corrected chi connectivity index (χ1v) is 10.7. The molecule has 1 aliphatic heterocycles. The van der Waals surface area contributed by atoms with Gasteiger partial charge >= 0.3 is 0 Å². The van der Waals surface area contributed by atoms with Crippen molar-refractivity contribution in [3.05, 3.63) is 101 Å². The number of halogens is 1. The van der Waals surface area contributed by atoms with Crippen LogP contribution in [-0.4, -0.2) is 37.4 Å². The van der Waals surface area contributed by atoms with Crippen LogP contribution in [0.2, 0.25) is 5.02 Å². The number of likely N-dealkylation sites (N-methyl/N-ethyl adjacent to an activating group) is 1. The highest BCUT2D eigenvalue weighted by Gasteiger charge is 2.40. The summed E-state index contributed by atoms with van der Waals surface area (Å²) in [6, 6.07) is 24.1. The summed E-state index contributed by atoms with van der Waals surface area (Å²) in [6.07, 6.45) is 0.553. The van der Waals surface area contributed by atoms with E-state index in [0.717, 1.165) is 17.0 Å². The molecule has 0 atom stereocenters. The van der Waals surface area contributed by atoms with Gasteiger partial charge in [-0.15, -0.1) is 0 Å². The molecule has 5 nitrogen and oxygen atoms in total. The third-order valence-corrected chi connectivity index (χ3v) is 5.79. The van der Waals surface area contributed by atoms with Gasteiger partial charge in [0.1, 0.15) is 11.4 Å². The minimum atomic E-state index is -0.306. The smallest absolute Gasteiger partial charge is 0.278 e. The lowest BCUT2D eigenvalue weighted by molar-refractivity contribution is -0.136. The molecule has 1 heterocycles. The van der Waals surface area contributed by atoms with E-state index in [0.29, 0.717) is 28.3 Å². The zero-order valence-corrected chi connectivity index (χ0v) is 18.7. The molecule has 0 spiro atoms. The van der Waals surface area contributed by atoms with Gasteiger partial charge in [0.25, 0.3) is 11.8 Å². The number of methoxy groups -OCH3 is 1. The fourth-order valence-corrected chi connectivity index (χ4v) is 3.89. The largest absolute Gasteiger partial charge is 0.497 e. The summed E-state index contributed by atoms with van der Waals surface area (Å²) in [5.41, 5.74) is 3.25. The van der Waals surface area contributed by atoms with Crippen LogP contribution in [0, 0.1) is 0 Å². The number of imide groups is 1. The van der Waals surface area contributed by atoms with Crippen molar-refractivity contribution in [1.29, 1.82) is 0 Å². The van der Waals surface area contributed by atoms with Crippen molar-refractivity contribution >= 4 is 34.7 Å². The summed E-state index contributed by atoms with van der Waals surface area (Å²) < 4.78 is 5.19. The van der Waals surface area contributed by atoms with Gasteiger partial charge in [-0.3, -0.25) is 14.5 Å². The van der Waals surface area contributed by atoms with Crippen molar-refractivity contribution in [3.63, 3.8) is 0 Å². The van der Waals surface area contributed by atoms with Gasteiger partial charge in [0.2, 0.25) is 0 Å². The third-order valence-electron chi connectivity index (χ3n) is 5.54. The minimum absolute atomic E-state index is 0.285. The highest BCUT2D eigenvalue weighted by Crippen LogP contribution is 2.34. The lowest BCUT2D eigenvalue weighted by Crippen LogP contribution is -2.35. The molecule has 6 heteroatoms. The molecular weight excluding hydrogens is 424 g/mol. The summed E-state index contributed by atoms with van der Waals surface area (Å²) in [5.74, 6) is 0.156. The zero-order chi connectivity index (χ0) is 22.7. The van der Waals surface area contributed by atoms with E-state index in [1.165, 1.54) is 4.90 Å². The Bertz CT molecular complexity index is 1160. The van der Waals surface area contributed by atoms with E-state index in [1.54, 1.807) is 43.3 Å². The Labute approximate surface area is 192 Å². The molecule has 0 aromatic heterocycles. The maximum Gasteiger partial charge on any atom is 0.278 e. The van der Waals surface area contributed by atoms with E-state index >= 15 is 0 Å². The number of hydrogen-bond donors (Lipinski definition) is 0. The average Bonchev–Trinajstić information content (AvgIpc) is 3.08. The van der Waals surface area contributed by atoms with Gasteiger partial charge in [-0.05, 0) is 53.9 Å². The SMILES string of the molecule is COc1ccc(CCN2C(=O)C(c3ccc(Cl)cc3)=C(N(C)c3ccccc3)C2=O)cc1. The second kappa shape index (κ2) is 9.28. The Morgan fingerprint density at radius 3 is 2.16 bits per heavy atom. The Morgan fingerprint density at radius 1 is 0.875 bits per heavy atom. The number of amides is 2. The molecule has 0 aliphatic carbocycles. The second-order valence-electron chi connectivity index (χ2n) is 7.49. The van der Waals surface area contributed by atoms with Crippen LogP contribution in [-0.2, 0) is 16.0 Å². The number of ether oxygens (including phenoxy) is 1. The van der Waals surface area contributed by atoms with E-state index in [2.05, 4.69) is 0 Å². The molecule has 0 saturated carbocycles. The Morgan fingerprint density at radius 2 is 1.53 bits per heavy atom. The Hall–Kier alpha value is -3.57. The molecule has 4 rings (SSSR count). The normalized spacial score (nSPS) is 13.7. The highest BCUT2D eigenvalue weighted by atomic mass is 35.5. The Kier molecular flexibility index (Phi) is 6.28. The first kappa shape index (κ1) is 21.7. The van der Waals surface area contributed by atoms with E-state index < -0.39 is 0 Å². The average molecular weight is 447 g/mol. The van der Waals surface area contributed by atoms with Gasteiger partial charge in [-0.2, -0.15) is 0 Å². The minimum Gasteiger partial charge on any atom is -0.497 e. The maximum absolute atomic E-state index is 13.5. The van der Waals surface area contributed by atoms with Crippen LogP contribution < -0.4 is 9.64 Å². The van der Waals surface area contributed by atoms with Gasteiger partial charge < -0.3 is 9.64 Å². The summed E-state index contributed by atoms with van der Waals surface area (Å²) >= 11 is 6.05. The summed E-state index contributed by atoms with van der Waals surface area (Å²) in [6.45, 7) is 0.285. The first-order chi connectivity index (χ1) is 15.5. The van der Waals surface area contributed by atoms with Crippen LogP contribution in [0.25, 0.3) is 5.57 Å². The predicted octanol–water partition coefficient (Wildman–Crippen LogP) is 4.81. The van der Waals surface area contributed by atoms with E-state index in [-0.39, 0.29) is 18.4 Å². The fourth-order valence-electron chi connectivity index (χ4n) is 3.77. The van der Waals surface area contributed by atoms with Crippen molar-refractivity contribution in [2.24, 2.45) is 0 Å². The molecule has 0 N–H and O–H groups in total. The predicted molar refractivity (Wildman–Crippen MR) is 127 cm³/mol. The number of anilines is 1. The third kappa shape index (κ3) is 4.25. The quantitative estimate of drug-likeness (QED) is 0.489. The van der Waals surface area contributed by atoms with Crippen LogP contribution in [0.15, 0.2) is 84.6 Å². The maximum atomic E-state index is 13.5. The number of nitrogens with zero attached hydrogens (tertiary/aromatic N) is 2. The molecular formula is C26H23ClN2O3. The van der Waals surface area contributed by atoms with Crippen molar-refractivity contribution < 1.29 is 14.3 Å². The number of carbonyl (C=O) groups is 2. The molecule has 0 unspecified atom stereocenters. The van der Waals surface area contributed by atoms with E-state index in [1.807, 2.05) is 54.6 Å². The zero-order valence-electron chi connectivity index (χ0n) is 17.9. The molecule has 162 valence electrons. The van der Waals surface area contributed by atoms with Gasteiger partial charge in [0, 0.05) is 24.3 Å². The summed E-state index contributed by atoms with van der Waals surface area (Å²) in [4.78, 5) is 30.0. The number of hydrogen-bond acceptors (Lipinski definition) is 4. The van der Waals surface area contributed by atoms with Crippen LogP contribution in [0.3, 0.4) is 0 Å². The van der Waals surface area contributed by atoms with E-state index in [9.17, 15) is 9.59 Å². The molecule has 2 amide bonds.